The SMILES string of the molecule is CCc1ccc(NC(=O)N(Cc2cccn2Cc2ccccc2)C2CC2)cc1. The van der Waals surface area contributed by atoms with Crippen molar-refractivity contribution in [2.75, 3.05) is 5.32 Å². The van der Waals surface area contributed by atoms with Gasteiger partial charge in [0.2, 0.25) is 0 Å². The van der Waals surface area contributed by atoms with Crippen molar-refractivity contribution in [2.24, 2.45) is 0 Å². The summed E-state index contributed by atoms with van der Waals surface area (Å²) >= 11 is 0. The summed E-state index contributed by atoms with van der Waals surface area (Å²) in [7, 11) is 0. The Morgan fingerprint density at radius 3 is 2.43 bits per heavy atom. The Bertz CT molecular complexity index is 911. The van der Waals surface area contributed by atoms with Gasteiger partial charge in [0.1, 0.15) is 0 Å². The summed E-state index contributed by atoms with van der Waals surface area (Å²) in [4.78, 5) is 14.9. The zero-order valence-corrected chi connectivity index (χ0v) is 16.3. The third kappa shape index (κ3) is 4.45. The molecule has 2 aromatic carbocycles. The van der Waals surface area contributed by atoms with Crippen molar-refractivity contribution in [3.8, 4) is 0 Å². The van der Waals surface area contributed by atoms with Gasteiger partial charge in [0.05, 0.1) is 6.54 Å². The van der Waals surface area contributed by atoms with Crippen molar-refractivity contribution in [2.45, 2.75) is 45.3 Å². The summed E-state index contributed by atoms with van der Waals surface area (Å²) in [6.45, 7) is 3.58. The molecule has 1 aromatic heterocycles. The van der Waals surface area contributed by atoms with Crippen molar-refractivity contribution in [1.29, 1.82) is 0 Å². The van der Waals surface area contributed by atoms with Gasteiger partial charge in [0.15, 0.2) is 0 Å². The first-order chi connectivity index (χ1) is 13.7. The molecule has 0 saturated heterocycles. The number of nitrogens with zero attached hydrogens (tertiary/aromatic N) is 2. The molecule has 1 fully saturated rings. The minimum atomic E-state index is -0.0146. The van der Waals surface area contributed by atoms with Crippen LogP contribution in [0.15, 0.2) is 72.9 Å². The number of nitrogens with one attached hydrogen (secondary N) is 1. The second-order valence-electron chi connectivity index (χ2n) is 7.45. The first-order valence-corrected chi connectivity index (χ1v) is 10.1. The molecule has 3 aromatic rings. The molecule has 0 spiro atoms. The lowest BCUT2D eigenvalue weighted by molar-refractivity contribution is 0.204. The van der Waals surface area contributed by atoms with E-state index in [1.807, 2.05) is 23.1 Å². The van der Waals surface area contributed by atoms with E-state index in [-0.39, 0.29) is 6.03 Å². The van der Waals surface area contributed by atoms with Gasteiger partial charge in [0.25, 0.3) is 0 Å². The van der Waals surface area contributed by atoms with E-state index in [4.69, 9.17) is 0 Å². The molecule has 0 atom stereocenters. The van der Waals surface area contributed by atoms with E-state index < -0.39 is 0 Å². The van der Waals surface area contributed by atoms with Crippen LogP contribution in [0.2, 0.25) is 0 Å². The Morgan fingerprint density at radius 1 is 1.00 bits per heavy atom. The molecule has 1 N–H and O–H groups in total. The van der Waals surface area contributed by atoms with Crippen LogP contribution in [0.4, 0.5) is 10.5 Å². The minimum Gasteiger partial charge on any atom is -0.345 e. The number of benzene rings is 2. The predicted molar refractivity (Wildman–Crippen MR) is 113 cm³/mol. The summed E-state index contributed by atoms with van der Waals surface area (Å²) in [5.41, 5.74) is 4.55. The summed E-state index contributed by atoms with van der Waals surface area (Å²) in [6, 6.07) is 23.0. The summed E-state index contributed by atoms with van der Waals surface area (Å²) < 4.78 is 2.23. The Balaban J connectivity index is 1.45. The predicted octanol–water partition coefficient (Wildman–Crippen LogP) is 5.30. The number of rotatable bonds is 7. The van der Waals surface area contributed by atoms with Crippen molar-refractivity contribution >= 4 is 11.7 Å². The van der Waals surface area contributed by atoms with Crippen molar-refractivity contribution in [3.05, 3.63) is 89.7 Å². The molecule has 0 aliphatic heterocycles. The van der Waals surface area contributed by atoms with Gasteiger partial charge in [-0.1, -0.05) is 49.4 Å². The van der Waals surface area contributed by atoms with Gasteiger partial charge >= 0.3 is 6.03 Å². The highest BCUT2D eigenvalue weighted by molar-refractivity contribution is 5.89. The van der Waals surface area contributed by atoms with E-state index in [0.29, 0.717) is 12.6 Å². The van der Waals surface area contributed by atoms with Crippen molar-refractivity contribution in [1.82, 2.24) is 9.47 Å². The monoisotopic (exact) mass is 373 g/mol. The van der Waals surface area contributed by atoms with E-state index >= 15 is 0 Å². The average Bonchev–Trinajstić information content (AvgIpc) is 3.48. The molecule has 1 aliphatic rings. The number of hydrogen-bond donors (Lipinski definition) is 1. The van der Waals surface area contributed by atoms with Gasteiger partial charge in [-0.05, 0) is 54.7 Å². The molecule has 4 rings (SSSR count). The van der Waals surface area contributed by atoms with Crippen LogP contribution in [-0.2, 0) is 19.5 Å². The van der Waals surface area contributed by atoms with Crippen LogP contribution in [0.1, 0.15) is 36.6 Å². The number of urea groups is 1. The highest BCUT2D eigenvalue weighted by atomic mass is 16.2. The van der Waals surface area contributed by atoms with Crippen LogP contribution in [0, 0.1) is 0 Å². The molecule has 0 unspecified atom stereocenters. The molecule has 0 bridgehead atoms. The fourth-order valence-electron chi connectivity index (χ4n) is 3.47. The summed E-state index contributed by atoms with van der Waals surface area (Å²) in [5.74, 6) is 0. The second kappa shape index (κ2) is 8.34. The average molecular weight is 374 g/mol. The minimum absolute atomic E-state index is 0.0146. The number of hydrogen-bond acceptors (Lipinski definition) is 1. The lowest BCUT2D eigenvalue weighted by Crippen LogP contribution is -2.36. The molecule has 28 heavy (non-hydrogen) atoms. The van der Waals surface area contributed by atoms with E-state index in [0.717, 1.165) is 37.2 Å². The molecular formula is C24H27N3O. The normalized spacial score (nSPS) is 13.3. The number of carbonyl (C=O) groups excluding carboxylic acids is 1. The van der Waals surface area contributed by atoms with Crippen LogP contribution in [-0.4, -0.2) is 21.5 Å². The lowest BCUT2D eigenvalue weighted by atomic mass is 10.1. The molecule has 0 radical (unpaired) electrons. The van der Waals surface area contributed by atoms with Crippen molar-refractivity contribution in [3.63, 3.8) is 0 Å². The first-order valence-electron chi connectivity index (χ1n) is 10.1. The molecule has 1 saturated carbocycles. The van der Waals surface area contributed by atoms with Crippen molar-refractivity contribution < 1.29 is 4.79 Å². The van der Waals surface area contributed by atoms with Crippen LogP contribution >= 0.6 is 0 Å². The fraction of sp³-hybridized carbons (Fsp3) is 0.292. The van der Waals surface area contributed by atoms with Gasteiger partial charge in [-0.3, -0.25) is 0 Å². The maximum Gasteiger partial charge on any atom is 0.322 e. The van der Waals surface area contributed by atoms with Crippen LogP contribution in [0.5, 0.6) is 0 Å². The second-order valence-corrected chi connectivity index (χ2v) is 7.45. The number of aromatic nitrogens is 1. The molecular weight excluding hydrogens is 346 g/mol. The largest absolute Gasteiger partial charge is 0.345 e. The number of amides is 2. The fourth-order valence-corrected chi connectivity index (χ4v) is 3.47. The standard InChI is InChI=1S/C24H27N3O/c1-2-19-10-12-21(13-11-19)25-24(28)27(22-14-15-22)18-23-9-6-16-26(23)17-20-7-4-3-5-8-20/h3-13,16,22H,2,14-15,17-18H2,1H3,(H,25,28). The third-order valence-electron chi connectivity index (χ3n) is 5.31. The molecule has 1 heterocycles. The van der Waals surface area contributed by atoms with Crippen LogP contribution in [0.25, 0.3) is 0 Å². The zero-order chi connectivity index (χ0) is 19.3. The van der Waals surface area contributed by atoms with Gasteiger partial charge < -0.3 is 14.8 Å². The maximum absolute atomic E-state index is 12.9. The van der Waals surface area contributed by atoms with E-state index in [2.05, 4.69) is 71.5 Å². The lowest BCUT2D eigenvalue weighted by Gasteiger charge is -2.24. The van der Waals surface area contributed by atoms with Gasteiger partial charge in [0, 0.05) is 30.2 Å². The van der Waals surface area contributed by atoms with Crippen LogP contribution in [0.3, 0.4) is 0 Å². The van der Waals surface area contributed by atoms with Gasteiger partial charge in [-0.15, -0.1) is 0 Å². The van der Waals surface area contributed by atoms with Gasteiger partial charge in [-0.25, -0.2) is 4.79 Å². The first kappa shape index (κ1) is 18.4. The Labute approximate surface area is 166 Å². The quantitative estimate of drug-likeness (QED) is 0.600. The Kier molecular flexibility index (Phi) is 5.47. The molecule has 4 heteroatoms. The third-order valence-corrected chi connectivity index (χ3v) is 5.31. The highest BCUT2D eigenvalue weighted by Gasteiger charge is 2.33. The molecule has 1 aliphatic carbocycles. The molecule has 4 nitrogen and oxygen atoms in total. The smallest absolute Gasteiger partial charge is 0.322 e. The topological polar surface area (TPSA) is 37.3 Å². The highest BCUT2D eigenvalue weighted by Crippen LogP contribution is 2.29. The maximum atomic E-state index is 12.9. The van der Waals surface area contributed by atoms with Crippen LogP contribution < -0.4 is 5.32 Å². The Hall–Kier alpha value is -3.01. The number of anilines is 1. The molecule has 2 amide bonds. The Morgan fingerprint density at radius 2 is 1.75 bits per heavy atom. The van der Waals surface area contributed by atoms with E-state index in [9.17, 15) is 4.79 Å². The number of carbonyl (C=O) groups is 1. The van der Waals surface area contributed by atoms with Gasteiger partial charge in [-0.2, -0.15) is 0 Å². The van der Waals surface area contributed by atoms with E-state index in [1.54, 1.807) is 0 Å². The number of aryl methyl sites for hydroxylation is 1. The molecule has 144 valence electrons. The summed E-state index contributed by atoms with van der Waals surface area (Å²) in [6.07, 6.45) is 5.26. The van der Waals surface area contributed by atoms with E-state index in [1.165, 1.54) is 11.1 Å². The zero-order valence-electron chi connectivity index (χ0n) is 16.3. The summed E-state index contributed by atoms with van der Waals surface area (Å²) in [5, 5.41) is 3.07.